The van der Waals surface area contributed by atoms with Crippen molar-refractivity contribution in [1.29, 1.82) is 0 Å². The number of rotatable bonds is 24. The van der Waals surface area contributed by atoms with Crippen LogP contribution in [0.5, 0.6) is 0 Å². The molecule has 0 radical (unpaired) electrons. The Balaban J connectivity index is 5.08. The van der Waals surface area contributed by atoms with Gasteiger partial charge < -0.3 is 20.2 Å². The molecule has 0 unspecified atom stereocenters. The van der Waals surface area contributed by atoms with Gasteiger partial charge in [-0.15, -0.1) is 39.5 Å². The van der Waals surface area contributed by atoms with Crippen LogP contribution in [0.4, 0.5) is 0 Å². The number of hydrogen-bond acceptors (Lipinski definition) is 4. The Morgan fingerprint density at radius 3 is 0.824 bits per heavy atom. The zero-order valence-corrected chi connectivity index (χ0v) is 21.6. The van der Waals surface area contributed by atoms with E-state index in [4.69, 9.17) is 0 Å². The molecule has 0 aromatic carbocycles. The van der Waals surface area contributed by atoms with E-state index < -0.39 is 16.8 Å². The molecule has 0 spiro atoms. The largest absolute Gasteiger partial charge is 0.389 e. The second-order valence-corrected chi connectivity index (χ2v) is 9.78. The predicted octanol–water partition coefficient (Wildman–Crippen LogP) is 6.28. The highest BCUT2D eigenvalue weighted by molar-refractivity contribution is 4.94. The van der Waals surface area contributed by atoms with E-state index in [9.17, 15) is 15.3 Å². The Bertz CT molecular complexity index is 509. The van der Waals surface area contributed by atoms with Crippen molar-refractivity contribution >= 4 is 0 Å². The van der Waals surface area contributed by atoms with Crippen molar-refractivity contribution in [2.24, 2.45) is 0 Å². The zero-order chi connectivity index (χ0) is 25.9. The highest BCUT2D eigenvalue weighted by Gasteiger charge is 2.26. The van der Waals surface area contributed by atoms with Crippen molar-refractivity contribution in [2.75, 3.05) is 19.6 Å². The Labute approximate surface area is 209 Å². The minimum Gasteiger partial charge on any atom is -0.389 e. The molecule has 0 aliphatic rings. The molecule has 0 fully saturated rings. The molecule has 0 aromatic rings. The van der Waals surface area contributed by atoms with Crippen molar-refractivity contribution < 1.29 is 15.3 Å². The van der Waals surface area contributed by atoms with Gasteiger partial charge in [-0.3, -0.25) is 0 Å². The topological polar surface area (TPSA) is 63.9 Å². The van der Waals surface area contributed by atoms with Crippen LogP contribution in [-0.2, 0) is 0 Å². The van der Waals surface area contributed by atoms with E-state index in [0.717, 1.165) is 38.9 Å². The fourth-order valence-corrected chi connectivity index (χ4v) is 4.70. The average molecular weight is 474 g/mol. The fraction of sp³-hybridized carbons (Fsp3) is 0.600. The highest BCUT2D eigenvalue weighted by Crippen LogP contribution is 2.26. The second kappa shape index (κ2) is 17.7. The van der Waals surface area contributed by atoms with Crippen LogP contribution < -0.4 is 0 Å². The minimum absolute atomic E-state index is 0.547. The maximum atomic E-state index is 10.9. The van der Waals surface area contributed by atoms with Crippen LogP contribution in [0.25, 0.3) is 0 Å². The molecular weight excluding hydrogens is 422 g/mol. The van der Waals surface area contributed by atoms with Gasteiger partial charge in [0.15, 0.2) is 0 Å². The van der Waals surface area contributed by atoms with E-state index in [-0.39, 0.29) is 0 Å². The summed E-state index contributed by atoms with van der Waals surface area (Å²) in [6, 6.07) is 0. The molecule has 0 atom stereocenters. The van der Waals surface area contributed by atoms with Gasteiger partial charge in [-0.1, -0.05) is 36.5 Å². The number of nitrogens with zero attached hydrogens (tertiary/aromatic N) is 1. The monoisotopic (exact) mass is 473 g/mol. The van der Waals surface area contributed by atoms with E-state index in [1.165, 1.54) is 0 Å². The van der Waals surface area contributed by atoms with Crippen molar-refractivity contribution in [2.45, 2.75) is 93.9 Å². The maximum absolute atomic E-state index is 10.9. The van der Waals surface area contributed by atoms with E-state index >= 15 is 0 Å². The zero-order valence-electron chi connectivity index (χ0n) is 21.6. The van der Waals surface area contributed by atoms with Crippen LogP contribution in [0.15, 0.2) is 75.9 Å². The first-order chi connectivity index (χ1) is 16.1. The van der Waals surface area contributed by atoms with Gasteiger partial charge in [-0.25, -0.2) is 0 Å². The molecule has 194 valence electrons. The maximum Gasteiger partial charge on any atom is 0.0716 e. The van der Waals surface area contributed by atoms with Crippen LogP contribution in [0, 0.1) is 0 Å². The van der Waals surface area contributed by atoms with Crippen LogP contribution in [0.1, 0.15) is 77.0 Å². The first-order valence-corrected chi connectivity index (χ1v) is 12.7. The molecular formula is C30H51NO3. The summed E-state index contributed by atoms with van der Waals surface area (Å²) in [5.41, 5.74) is -2.38. The summed E-state index contributed by atoms with van der Waals surface area (Å²) in [6.07, 6.45) is 18.5. The number of aliphatic hydroxyl groups is 3. The molecule has 0 bridgehead atoms. The average Bonchev–Trinajstić information content (AvgIpc) is 2.74. The summed E-state index contributed by atoms with van der Waals surface area (Å²) < 4.78 is 0. The highest BCUT2D eigenvalue weighted by atomic mass is 16.3. The molecule has 0 aromatic heterocycles. The Morgan fingerprint density at radius 2 is 0.647 bits per heavy atom. The Kier molecular flexibility index (Phi) is 16.8. The number of hydrogen-bond donors (Lipinski definition) is 3. The lowest BCUT2D eigenvalue weighted by atomic mass is 9.89. The van der Waals surface area contributed by atoms with Gasteiger partial charge in [0, 0.05) is 0 Å². The molecule has 4 nitrogen and oxygen atoms in total. The molecule has 0 aliphatic heterocycles. The molecule has 3 N–H and O–H groups in total. The molecule has 0 heterocycles. The molecule has 0 aliphatic carbocycles. The van der Waals surface area contributed by atoms with Gasteiger partial charge in [0.1, 0.15) is 0 Å². The van der Waals surface area contributed by atoms with Gasteiger partial charge in [0.2, 0.25) is 0 Å². The van der Waals surface area contributed by atoms with E-state index in [1.807, 2.05) is 0 Å². The molecule has 0 rings (SSSR count). The Hall–Kier alpha value is -1.72. The van der Waals surface area contributed by atoms with Crippen molar-refractivity contribution in [3.05, 3.63) is 75.9 Å². The predicted molar refractivity (Wildman–Crippen MR) is 148 cm³/mol. The molecule has 0 saturated carbocycles. The smallest absolute Gasteiger partial charge is 0.0716 e. The van der Waals surface area contributed by atoms with Gasteiger partial charge in [0.05, 0.1) is 16.8 Å². The minimum atomic E-state index is -0.794. The van der Waals surface area contributed by atoms with Crippen LogP contribution in [0.3, 0.4) is 0 Å². The normalized spacial score (nSPS) is 12.4. The van der Waals surface area contributed by atoms with Gasteiger partial charge in [-0.2, -0.15) is 0 Å². The van der Waals surface area contributed by atoms with Gasteiger partial charge in [0.25, 0.3) is 0 Å². The van der Waals surface area contributed by atoms with Crippen LogP contribution in [-0.4, -0.2) is 56.7 Å². The van der Waals surface area contributed by atoms with E-state index in [0.29, 0.717) is 57.8 Å². The van der Waals surface area contributed by atoms with Crippen molar-refractivity contribution in [3.63, 3.8) is 0 Å². The molecule has 0 saturated heterocycles. The molecule has 4 heteroatoms. The van der Waals surface area contributed by atoms with Crippen molar-refractivity contribution in [1.82, 2.24) is 4.90 Å². The summed E-state index contributed by atoms with van der Waals surface area (Å²) in [6.45, 7) is 25.2. The third kappa shape index (κ3) is 13.9. The third-order valence-corrected chi connectivity index (χ3v) is 6.50. The van der Waals surface area contributed by atoms with E-state index in [1.54, 1.807) is 36.5 Å². The summed E-state index contributed by atoms with van der Waals surface area (Å²) in [5.74, 6) is 0. The molecule has 34 heavy (non-hydrogen) atoms. The van der Waals surface area contributed by atoms with Gasteiger partial charge in [-0.05, 0) is 96.7 Å². The van der Waals surface area contributed by atoms with Crippen LogP contribution >= 0.6 is 0 Å². The lowest BCUT2D eigenvalue weighted by Crippen LogP contribution is -2.34. The van der Waals surface area contributed by atoms with Crippen LogP contribution in [0.2, 0.25) is 0 Å². The quantitative estimate of drug-likeness (QED) is 0.144. The van der Waals surface area contributed by atoms with Crippen molar-refractivity contribution in [3.8, 4) is 0 Å². The molecule has 0 amide bonds. The van der Waals surface area contributed by atoms with E-state index in [2.05, 4.69) is 44.4 Å². The SMILES string of the molecule is C=CCC(O)(CC=C)CCCN(CCCC(O)(CC=C)CC=C)CCCC(O)(CC=C)CC=C. The first-order valence-electron chi connectivity index (χ1n) is 12.7. The summed E-state index contributed by atoms with van der Waals surface area (Å²) in [7, 11) is 0. The lowest BCUT2D eigenvalue weighted by Gasteiger charge is -2.31. The third-order valence-electron chi connectivity index (χ3n) is 6.50. The fourth-order valence-electron chi connectivity index (χ4n) is 4.70. The van der Waals surface area contributed by atoms with Gasteiger partial charge >= 0.3 is 0 Å². The second-order valence-electron chi connectivity index (χ2n) is 9.78. The summed E-state index contributed by atoms with van der Waals surface area (Å²) in [5, 5.41) is 32.6. The standard InChI is InChI=1S/C30H51NO3/c1-7-16-28(32,17-8-2)22-13-25-31(26-14-23-29(33,18-9-3)19-10-4)27-15-24-30(34,20-11-5)21-12-6/h7-12,32-34H,1-6,13-27H2. The first kappa shape index (κ1) is 32.3. The summed E-state index contributed by atoms with van der Waals surface area (Å²) >= 11 is 0. The summed E-state index contributed by atoms with van der Waals surface area (Å²) in [4.78, 5) is 2.38. The lowest BCUT2D eigenvalue weighted by molar-refractivity contribution is 0.0245. The Morgan fingerprint density at radius 1 is 0.441 bits per heavy atom.